The second-order valence-corrected chi connectivity index (χ2v) is 12.7. The van der Waals surface area contributed by atoms with Crippen LogP contribution in [0, 0.1) is 0 Å². The zero-order chi connectivity index (χ0) is 36.4. The molecule has 282 valence electrons. The fourth-order valence-corrected chi connectivity index (χ4v) is 4.83. The molecule has 0 unspecified atom stereocenters. The Morgan fingerprint density at radius 1 is 0.440 bits per heavy atom. The molecular weight excluding hydrogens is 620 g/mol. The van der Waals surface area contributed by atoms with Gasteiger partial charge >= 0.3 is 11.9 Å². The molecule has 0 rings (SSSR count). The van der Waals surface area contributed by atoms with Crippen molar-refractivity contribution in [2.45, 2.75) is 161 Å². The number of aliphatic hydroxyl groups excluding tert-OH is 1. The zero-order valence-electron chi connectivity index (χ0n) is 31.9. The highest BCUT2D eigenvalue weighted by Gasteiger charge is 2.11. The van der Waals surface area contributed by atoms with Gasteiger partial charge in [-0.15, -0.1) is 0 Å². The number of ether oxygens (including phenoxy) is 2. The topological polar surface area (TPSA) is 72.8 Å². The van der Waals surface area contributed by atoms with Crippen molar-refractivity contribution in [2.24, 2.45) is 0 Å². The van der Waals surface area contributed by atoms with Gasteiger partial charge in [-0.2, -0.15) is 0 Å². The predicted octanol–water partition coefficient (Wildman–Crippen LogP) is 12.5. The Labute approximate surface area is 307 Å². The molecule has 0 bridgehead atoms. The van der Waals surface area contributed by atoms with Crippen molar-refractivity contribution in [2.75, 3.05) is 13.2 Å². The van der Waals surface area contributed by atoms with Gasteiger partial charge in [-0.3, -0.25) is 9.59 Å². The first-order valence-corrected chi connectivity index (χ1v) is 19.8. The molecule has 0 amide bonds. The fraction of sp³-hybridized carbons (Fsp3) is 0.600. The maximum Gasteiger partial charge on any atom is 0.305 e. The number of allylic oxidation sites excluding steroid dienone is 16. The molecule has 50 heavy (non-hydrogen) atoms. The molecule has 0 aliphatic carbocycles. The van der Waals surface area contributed by atoms with E-state index in [9.17, 15) is 14.7 Å². The summed E-state index contributed by atoms with van der Waals surface area (Å²) in [7, 11) is 0. The summed E-state index contributed by atoms with van der Waals surface area (Å²) in [6.45, 7) is 4.09. The Bertz CT molecular complexity index is 1010. The monoisotopic (exact) mass is 693 g/mol. The molecule has 5 nitrogen and oxygen atoms in total. The fourth-order valence-electron chi connectivity index (χ4n) is 4.83. The van der Waals surface area contributed by atoms with E-state index in [1.54, 1.807) is 0 Å². The highest BCUT2D eigenvalue weighted by molar-refractivity contribution is 5.69. The summed E-state index contributed by atoms with van der Waals surface area (Å²) in [5.41, 5.74) is 0. The third kappa shape index (κ3) is 39.3. The second-order valence-electron chi connectivity index (χ2n) is 12.7. The van der Waals surface area contributed by atoms with E-state index < -0.39 is 6.10 Å². The number of carbonyl (C=O) groups is 2. The summed E-state index contributed by atoms with van der Waals surface area (Å²) in [5, 5.41) is 10.0. The number of esters is 2. The van der Waals surface area contributed by atoms with E-state index in [-0.39, 0.29) is 25.2 Å². The highest BCUT2D eigenvalue weighted by atomic mass is 16.6. The number of hydrogen-bond donors (Lipinski definition) is 1. The quantitative estimate of drug-likeness (QED) is 0.0413. The van der Waals surface area contributed by atoms with Crippen molar-refractivity contribution in [3.8, 4) is 0 Å². The number of aliphatic hydroxyl groups is 1. The molecule has 0 aliphatic rings. The molecule has 0 saturated carbocycles. The number of carbonyl (C=O) groups excluding carboxylic acids is 2. The number of hydrogen-bond acceptors (Lipinski definition) is 5. The molecule has 1 N–H and O–H groups in total. The molecule has 0 aromatic carbocycles. The summed E-state index contributed by atoms with van der Waals surface area (Å²) in [4.78, 5) is 23.9. The van der Waals surface area contributed by atoms with Gasteiger partial charge in [-0.05, 0) is 89.9 Å². The van der Waals surface area contributed by atoms with Crippen LogP contribution in [0.15, 0.2) is 97.2 Å². The molecule has 0 aromatic rings. The van der Waals surface area contributed by atoms with Crippen LogP contribution in [-0.2, 0) is 19.1 Å². The van der Waals surface area contributed by atoms with Gasteiger partial charge in [-0.1, -0.05) is 150 Å². The predicted molar refractivity (Wildman–Crippen MR) is 214 cm³/mol. The minimum absolute atomic E-state index is 0.155. The molecule has 5 heteroatoms. The lowest BCUT2D eigenvalue weighted by molar-refractivity contribution is -0.152. The third-order valence-electron chi connectivity index (χ3n) is 7.80. The molecule has 0 spiro atoms. The average molecular weight is 693 g/mol. The van der Waals surface area contributed by atoms with Gasteiger partial charge in [0, 0.05) is 12.8 Å². The van der Waals surface area contributed by atoms with Crippen molar-refractivity contribution >= 4 is 11.9 Å². The van der Waals surface area contributed by atoms with Crippen LogP contribution in [0.2, 0.25) is 0 Å². The van der Waals surface area contributed by atoms with Gasteiger partial charge in [0.1, 0.15) is 19.3 Å². The van der Waals surface area contributed by atoms with Crippen molar-refractivity contribution in [3.63, 3.8) is 0 Å². The van der Waals surface area contributed by atoms with Crippen molar-refractivity contribution in [1.82, 2.24) is 0 Å². The maximum atomic E-state index is 12.0. The summed E-state index contributed by atoms with van der Waals surface area (Å²) in [5.74, 6) is -0.671. The molecule has 0 radical (unpaired) electrons. The van der Waals surface area contributed by atoms with Crippen LogP contribution in [0.3, 0.4) is 0 Å². The third-order valence-corrected chi connectivity index (χ3v) is 7.80. The van der Waals surface area contributed by atoms with Crippen LogP contribution in [0.4, 0.5) is 0 Å². The summed E-state index contributed by atoms with van der Waals surface area (Å²) >= 11 is 0. The lowest BCUT2D eigenvalue weighted by atomic mass is 10.1. The highest BCUT2D eigenvalue weighted by Crippen LogP contribution is 2.08. The van der Waals surface area contributed by atoms with E-state index >= 15 is 0 Å². The van der Waals surface area contributed by atoms with Crippen LogP contribution in [0.25, 0.3) is 0 Å². The van der Waals surface area contributed by atoms with E-state index in [1.165, 1.54) is 44.9 Å². The van der Waals surface area contributed by atoms with Gasteiger partial charge < -0.3 is 14.6 Å². The van der Waals surface area contributed by atoms with Gasteiger partial charge in [0.25, 0.3) is 0 Å². The molecular formula is C45H72O5. The minimum atomic E-state index is -1.00. The van der Waals surface area contributed by atoms with E-state index in [1.807, 2.05) is 0 Å². The normalized spacial score (nSPS) is 13.3. The molecule has 0 aliphatic heterocycles. The van der Waals surface area contributed by atoms with Crippen molar-refractivity contribution < 1.29 is 24.2 Å². The Morgan fingerprint density at radius 2 is 0.780 bits per heavy atom. The minimum Gasteiger partial charge on any atom is -0.463 e. The first-order valence-electron chi connectivity index (χ1n) is 19.8. The van der Waals surface area contributed by atoms with E-state index in [2.05, 4.69) is 111 Å². The van der Waals surface area contributed by atoms with E-state index in [0.717, 1.165) is 77.0 Å². The van der Waals surface area contributed by atoms with Crippen LogP contribution >= 0.6 is 0 Å². The van der Waals surface area contributed by atoms with Gasteiger partial charge in [-0.25, -0.2) is 0 Å². The Balaban J connectivity index is 3.63. The largest absolute Gasteiger partial charge is 0.463 e. The summed E-state index contributed by atoms with van der Waals surface area (Å²) in [6, 6.07) is 0. The van der Waals surface area contributed by atoms with Gasteiger partial charge in [0.2, 0.25) is 0 Å². The SMILES string of the molecule is CC/C=C\C/C=C\C/C=C\C/C=C\C/C=C\CCCCCC(=O)OC[C@H](O)COC(=O)CCC/C=C\C/C=C\C/C=C\CCCCCCCC. The van der Waals surface area contributed by atoms with Gasteiger partial charge in [0.05, 0.1) is 0 Å². The second kappa shape index (κ2) is 40.3. The molecule has 0 heterocycles. The van der Waals surface area contributed by atoms with Crippen LogP contribution in [0.5, 0.6) is 0 Å². The zero-order valence-corrected chi connectivity index (χ0v) is 31.9. The van der Waals surface area contributed by atoms with Gasteiger partial charge in [0.15, 0.2) is 0 Å². The molecule has 0 aromatic heterocycles. The van der Waals surface area contributed by atoms with Crippen molar-refractivity contribution in [3.05, 3.63) is 97.2 Å². The average Bonchev–Trinajstić information content (AvgIpc) is 3.12. The van der Waals surface area contributed by atoms with Crippen LogP contribution in [0.1, 0.15) is 155 Å². The van der Waals surface area contributed by atoms with Crippen molar-refractivity contribution in [1.29, 1.82) is 0 Å². The Morgan fingerprint density at radius 3 is 1.22 bits per heavy atom. The summed E-state index contributed by atoms with van der Waals surface area (Å²) < 4.78 is 10.3. The molecule has 0 fully saturated rings. The molecule has 1 atom stereocenters. The lowest BCUT2D eigenvalue weighted by Gasteiger charge is -2.12. The number of unbranched alkanes of at least 4 members (excludes halogenated alkanes) is 10. The van der Waals surface area contributed by atoms with E-state index in [4.69, 9.17) is 9.47 Å². The Kier molecular flexibility index (Phi) is 37.7. The van der Waals surface area contributed by atoms with Crippen LogP contribution in [-0.4, -0.2) is 36.4 Å². The Hall–Kier alpha value is -3.18. The first kappa shape index (κ1) is 46.8. The maximum absolute atomic E-state index is 12.0. The molecule has 0 saturated heterocycles. The van der Waals surface area contributed by atoms with E-state index in [0.29, 0.717) is 19.3 Å². The first-order chi connectivity index (χ1) is 24.6. The lowest BCUT2D eigenvalue weighted by Crippen LogP contribution is -2.25. The standard InChI is InChI=1S/C45H72O5/c1-3-5-7-9-11-13-15-17-19-21-22-24-26-28-30-32-34-36-38-40-45(48)50-42-43(46)41-49-44(47)39-37-35-33-31-29-27-25-23-20-18-16-14-12-10-8-6-4-2/h5,7,11,13,17-20,22,24-25,27-28,30-31,33,43,46H,3-4,6,8-10,12,14-16,21,23,26,29,32,34-42H2,1-2H3/b7-5-,13-11-,19-17-,20-18-,24-22-,27-25-,30-28-,33-31-/t43-/m1/s1. The van der Waals surface area contributed by atoms with Crippen LogP contribution < -0.4 is 0 Å². The summed E-state index contributed by atoms with van der Waals surface area (Å²) in [6.07, 6.45) is 56.1. The number of rotatable bonds is 34. The smallest absolute Gasteiger partial charge is 0.305 e.